The standard InChI is InChI=1S/C18H18F3N7/c1-27-7-15(18(20,21)8-27)28-16(6-23-10-24-9-22)26-14-5-25-13-3-2-11(19)4-12(13)17(14)28/h2-5,9-10,15H,6-8H2,1H3,(H2,22,23,24)/p+1. The minimum Gasteiger partial charge on any atom is -0.312 e. The molecule has 0 bridgehead atoms. The summed E-state index contributed by atoms with van der Waals surface area (Å²) in [6.45, 7) is 0.0471. The Labute approximate surface area is 158 Å². The van der Waals surface area contributed by atoms with E-state index in [9.17, 15) is 13.2 Å². The Morgan fingerprint density at radius 1 is 1.39 bits per heavy atom. The predicted molar refractivity (Wildman–Crippen MR) is 99.4 cm³/mol. The molecule has 1 unspecified atom stereocenters. The van der Waals surface area contributed by atoms with Crippen LogP contribution in [-0.2, 0) is 6.54 Å². The van der Waals surface area contributed by atoms with E-state index < -0.39 is 17.8 Å². The number of aliphatic imine (C=N–C) groups is 1. The maximum atomic E-state index is 14.8. The number of likely N-dealkylation sites (tertiary alicyclic amines) is 1. The van der Waals surface area contributed by atoms with Crippen LogP contribution in [0.25, 0.3) is 21.9 Å². The van der Waals surface area contributed by atoms with E-state index in [0.29, 0.717) is 27.8 Å². The largest absolute Gasteiger partial charge is 0.312 e. The van der Waals surface area contributed by atoms with Gasteiger partial charge in [0.1, 0.15) is 30.3 Å². The summed E-state index contributed by atoms with van der Waals surface area (Å²) >= 11 is 0. The maximum absolute atomic E-state index is 14.8. The number of hydrogen-bond acceptors (Lipinski definition) is 4. The number of pyridine rings is 1. The molecule has 1 fully saturated rings. The first-order valence-corrected chi connectivity index (χ1v) is 8.76. The molecule has 146 valence electrons. The summed E-state index contributed by atoms with van der Waals surface area (Å²) in [5.74, 6) is -3.00. The molecule has 4 rings (SSSR count). The fourth-order valence-electron chi connectivity index (χ4n) is 3.77. The molecule has 2 aromatic heterocycles. The van der Waals surface area contributed by atoms with Crippen LogP contribution < -0.4 is 5.32 Å². The van der Waals surface area contributed by atoms with Crippen LogP contribution >= 0.6 is 0 Å². The van der Waals surface area contributed by atoms with Crippen molar-refractivity contribution in [2.45, 2.75) is 18.5 Å². The number of quaternary nitrogens is 1. The summed E-state index contributed by atoms with van der Waals surface area (Å²) in [4.78, 5) is 14.0. The van der Waals surface area contributed by atoms with Gasteiger partial charge in [-0.15, -0.1) is 0 Å². The van der Waals surface area contributed by atoms with Crippen LogP contribution in [0.5, 0.6) is 0 Å². The van der Waals surface area contributed by atoms with Crippen LogP contribution in [-0.4, -0.2) is 58.2 Å². The van der Waals surface area contributed by atoms with E-state index in [2.05, 4.69) is 15.0 Å². The zero-order chi connectivity index (χ0) is 19.9. The number of benzene rings is 1. The highest BCUT2D eigenvalue weighted by Gasteiger charge is 2.49. The molecule has 1 aliphatic heterocycles. The van der Waals surface area contributed by atoms with Crippen LogP contribution in [0.3, 0.4) is 0 Å². The van der Waals surface area contributed by atoms with Crippen molar-refractivity contribution in [2.75, 3.05) is 20.1 Å². The third-order valence-corrected chi connectivity index (χ3v) is 4.88. The molecule has 3 N–H and O–H groups in total. The first-order chi connectivity index (χ1) is 13.4. The molecule has 1 aromatic carbocycles. The van der Waals surface area contributed by atoms with E-state index in [1.54, 1.807) is 17.3 Å². The molecular weight excluding hydrogens is 371 g/mol. The molecule has 0 radical (unpaired) electrons. The highest BCUT2D eigenvalue weighted by Crippen LogP contribution is 2.40. The number of nitrogens with one attached hydrogen (secondary N) is 1. The Balaban J connectivity index is 1.95. The number of imidazole rings is 1. The molecule has 0 aliphatic carbocycles. The van der Waals surface area contributed by atoms with E-state index in [1.165, 1.54) is 35.3 Å². The molecule has 0 amide bonds. The number of likely N-dealkylation sites (N-methyl/N-ethyl adjacent to an activating group) is 1. The van der Waals surface area contributed by atoms with Gasteiger partial charge in [-0.05, 0) is 25.2 Å². The Kier molecular flexibility index (Phi) is 4.60. The summed E-state index contributed by atoms with van der Waals surface area (Å²) in [6.07, 6.45) is 3.84. The molecule has 3 aromatic rings. The number of aromatic nitrogens is 3. The summed E-state index contributed by atoms with van der Waals surface area (Å²) in [5.41, 5.74) is 1.42. The zero-order valence-electron chi connectivity index (χ0n) is 15.1. The lowest BCUT2D eigenvalue weighted by molar-refractivity contribution is -0.549. The van der Waals surface area contributed by atoms with Gasteiger partial charge < -0.3 is 4.57 Å². The third kappa shape index (κ3) is 3.14. The fourth-order valence-corrected chi connectivity index (χ4v) is 3.77. The van der Waals surface area contributed by atoms with Gasteiger partial charge >= 0.3 is 0 Å². The molecule has 7 nitrogen and oxygen atoms in total. The average Bonchev–Trinajstić information content (AvgIpc) is 3.13. The monoisotopic (exact) mass is 390 g/mol. The number of alkyl halides is 2. The summed E-state index contributed by atoms with van der Waals surface area (Å²) in [5, 5.41) is 9.03. The van der Waals surface area contributed by atoms with Gasteiger partial charge in [0.05, 0.1) is 23.8 Å². The molecule has 3 heterocycles. The molecule has 0 spiro atoms. The van der Waals surface area contributed by atoms with Gasteiger partial charge in [-0.25, -0.2) is 18.2 Å². The van der Waals surface area contributed by atoms with Gasteiger partial charge in [0, 0.05) is 11.9 Å². The van der Waals surface area contributed by atoms with E-state index in [1.807, 2.05) is 0 Å². The second kappa shape index (κ2) is 6.95. The number of nitrogens with zero attached hydrogens (tertiary/aromatic N) is 5. The summed E-state index contributed by atoms with van der Waals surface area (Å²) in [7, 11) is 1.65. The van der Waals surface area contributed by atoms with Crippen LogP contribution in [0.1, 0.15) is 11.9 Å². The second-order valence-electron chi connectivity index (χ2n) is 6.89. The Hall–Kier alpha value is -2.85. The quantitative estimate of drug-likeness (QED) is 0.512. The van der Waals surface area contributed by atoms with Gasteiger partial charge in [0.2, 0.25) is 0 Å². The molecule has 0 saturated carbocycles. The van der Waals surface area contributed by atoms with Crippen molar-refractivity contribution in [1.29, 1.82) is 5.41 Å². The zero-order valence-corrected chi connectivity index (χ0v) is 15.1. The number of halogens is 3. The lowest BCUT2D eigenvalue weighted by atomic mass is 10.1. The first-order valence-electron chi connectivity index (χ1n) is 8.76. The first kappa shape index (κ1) is 18.5. The second-order valence-corrected chi connectivity index (χ2v) is 6.89. The smallest absolute Gasteiger partial charge is 0.282 e. The number of rotatable bonds is 5. The molecular formula is C18H19F3N7+. The van der Waals surface area contributed by atoms with Gasteiger partial charge in [-0.1, -0.05) is 0 Å². The Morgan fingerprint density at radius 2 is 2.21 bits per heavy atom. The van der Waals surface area contributed by atoms with Crippen molar-refractivity contribution in [1.82, 2.24) is 19.4 Å². The van der Waals surface area contributed by atoms with Gasteiger partial charge in [0.15, 0.2) is 12.2 Å². The molecule has 1 saturated heterocycles. The van der Waals surface area contributed by atoms with Gasteiger partial charge in [-0.2, -0.15) is 4.99 Å². The molecule has 28 heavy (non-hydrogen) atoms. The van der Waals surface area contributed by atoms with Gasteiger partial charge in [-0.3, -0.25) is 20.6 Å². The van der Waals surface area contributed by atoms with Crippen molar-refractivity contribution in [3.05, 3.63) is 36.0 Å². The fraction of sp³-hybridized carbons (Fsp3) is 0.333. The Bertz CT molecular complexity index is 1080. The lowest BCUT2D eigenvalue weighted by Gasteiger charge is -2.22. The minimum absolute atomic E-state index is 0.152. The topological polar surface area (TPSA) is 86.8 Å². The van der Waals surface area contributed by atoms with Crippen LogP contribution in [0, 0.1) is 11.2 Å². The van der Waals surface area contributed by atoms with Crippen molar-refractivity contribution < 1.29 is 18.5 Å². The maximum Gasteiger partial charge on any atom is 0.282 e. The molecule has 10 heteroatoms. The van der Waals surface area contributed by atoms with Crippen molar-refractivity contribution in [3.8, 4) is 0 Å². The van der Waals surface area contributed by atoms with E-state index >= 15 is 0 Å². The van der Waals surface area contributed by atoms with E-state index in [-0.39, 0.29) is 19.6 Å². The van der Waals surface area contributed by atoms with Crippen LogP contribution in [0.2, 0.25) is 0 Å². The summed E-state index contributed by atoms with van der Waals surface area (Å²) in [6, 6.07) is 3.01. The summed E-state index contributed by atoms with van der Waals surface area (Å²) < 4.78 is 45.1. The van der Waals surface area contributed by atoms with Crippen molar-refractivity contribution >= 4 is 34.6 Å². The van der Waals surface area contributed by atoms with Crippen LogP contribution in [0.15, 0.2) is 29.4 Å². The number of hydrogen-bond donors (Lipinski definition) is 2. The van der Waals surface area contributed by atoms with Crippen LogP contribution in [0.4, 0.5) is 13.2 Å². The Morgan fingerprint density at radius 3 is 2.93 bits per heavy atom. The average molecular weight is 390 g/mol. The van der Waals surface area contributed by atoms with Gasteiger partial charge in [0.25, 0.3) is 5.92 Å². The molecule has 1 aliphatic rings. The highest BCUT2D eigenvalue weighted by molar-refractivity contribution is 6.02. The molecule has 1 atom stereocenters. The van der Waals surface area contributed by atoms with Crippen molar-refractivity contribution in [3.63, 3.8) is 0 Å². The van der Waals surface area contributed by atoms with E-state index in [0.717, 1.165) is 6.34 Å². The number of nitrogens with two attached hydrogens (primary N) is 1. The lowest BCUT2D eigenvalue weighted by Crippen LogP contribution is -2.81. The van der Waals surface area contributed by atoms with Crippen molar-refractivity contribution in [2.24, 2.45) is 4.99 Å². The SMILES string of the molecule is CN1CC(n2c(C[NH2+]C=NC=N)nc3cnc4ccc(F)cc4c32)C(F)(F)C1. The third-order valence-electron chi connectivity index (χ3n) is 4.88. The number of fused-ring (bicyclic) bond motifs is 3. The highest BCUT2D eigenvalue weighted by atomic mass is 19.3. The normalized spacial score (nSPS) is 19.9. The predicted octanol–water partition coefficient (Wildman–Crippen LogP) is 1.54. The minimum atomic E-state index is -2.96. The van der Waals surface area contributed by atoms with E-state index in [4.69, 9.17) is 5.41 Å².